The van der Waals surface area contributed by atoms with Crippen LogP contribution in [0.2, 0.25) is 0 Å². The minimum atomic E-state index is 0.511. The van der Waals surface area contributed by atoms with Crippen molar-refractivity contribution in [2.45, 2.75) is 19.5 Å². The Morgan fingerprint density at radius 3 is 2.10 bits per heavy atom. The molecule has 6 heteroatoms. The third kappa shape index (κ3) is 5.60. The first-order chi connectivity index (χ1) is 10.4. The van der Waals surface area contributed by atoms with Crippen LogP contribution in [0.4, 0.5) is 0 Å². The van der Waals surface area contributed by atoms with Crippen LogP contribution in [0.1, 0.15) is 17.8 Å². The summed E-state index contributed by atoms with van der Waals surface area (Å²) in [4.78, 5) is 13.8. The van der Waals surface area contributed by atoms with Gasteiger partial charge in [-0.25, -0.2) is 0 Å². The monoisotopic (exact) mass is 282 g/mol. The summed E-state index contributed by atoms with van der Waals surface area (Å²) < 4.78 is 0. The standard InChI is InChI=1S/C15H18N6/c16-20-19-10-5-11-21(12-14-6-1-3-8-17-14)13-15-7-2-4-9-18-15/h1-4,6-9H,5,10-13H2. The van der Waals surface area contributed by atoms with E-state index in [4.69, 9.17) is 5.53 Å². The predicted molar refractivity (Wildman–Crippen MR) is 81.2 cm³/mol. The Hall–Kier alpha value is -2.43. The second-order valence-electron chi connectivity index (χ2n) is 4.66. The summed E-state index contributed by atoms with van der Waals surface area (Å²) in [5, 5.41) is 3.58. The lowest BCUT2D eigenvalue weighted by Crippen LogP contribution is -2.25. The van der Waals surface area contributed by atoms with E-state index in [0.29, 0.717) is 6.54 Å². The molecule has 6 nitrogen and oxygen atoms in total. The molecule has 0 saturated heterocycles. The Bertz CT molecular complexity index is 524. The van der Waals surface area contributed by atoms with Crippen LogP contribution in [0.25, 0.3) is 10.4 Å². The fraction of sp³-hybridized carbons (Fsp3) is 0.333. The van der Waals surface area contributed by atoms with E-state index in [9.17, 15) is 0 Å². The number of aromatic nitrogens is 2. The van der Waals surface area contributed by atoms with Crippen molar-refractivity contribution >= 4 is 0 Å². The van der Waals surface area contributed by atoms with Crippen LogP contribution in [0.15, 0.2) is 53.9 Å². The molecule has 0 saturated carbocycles. The molecule has 2 aromatic heterocycles. The van der Waals surface area contributed by atoms with E-state index in [1.54, 1.807) is 12.4 Å². The van der Waals surface area contributed by atoms with Gasteiger partial charge >= 0.3 is 0 Å². The van der Waals surface area contributed by atoms with Crippen molar-refractivity contribution in [2.75, 3.05) is 13.1 Å². The Balaban J connectivity index is 1.97. The summed E-state index contributed by atoms with van der Waals surface area (Å²) in [7, 11) is 0. The Labute approximate surface area is 124 Å². The summed E-state index contributed by atoms with van der Waals surface area (Å²) >= 11 is 0. The Morgan fingerprint density at radius 2 is 1.62 bits per heavy atom. The highest BCUT2D eigenvalue weighted by molar-refractivity contribution is 5.06. The molecule has 0 spiro atoms. The maximum absolute atomic E-state index is 8.33. The highest BCUT2D eigenvalue weighted by atomic mass is 15.2. The summed E-state index contributed by atoms with van der Waals surface area (Å²) in [5.74, 6) is 0. The zero-order chi connectivity index (χ0) is 14.8. The van der Waals surface area contributed by atoms with Crippen molar-refractivity contribution in [2.24, 2.45) is 5.11 Å². The topological polar surface area (TPSA) is 77.8 Å². The molecule has 0 aliphatic rings. The number of hydrogen-bond acceptors (Lipinski definition) is 4. The molecule has 108 valence electrons. The first kappa shape index (κ1) is 15.0. The number of rotatable bonds is 8. The van der Waals surface area contributed by atoms with Gasteiger partial charge in [0.2, 0.25) is 0 Å². The molecule has 0 aliphatic carbocycles. The van der Waals surface area contributed by atoms with Gasteiger partial charge in [-0.3, -0.25) is 14.9 Å². The van der Waals surface area contributed by atoms with Gasteiger partial charge in [-0.1, -0.05) is 17.2 Å². The molecular weight excluding hydrogens is 264 g/mol. The fourth-order valence-corrected chi connectivity index (χ4v) is 2.07. The van der Waals surface area contributed by atoms with Crippen LogP contribution in [0.3, 0.4) is 0 Å². The zero-order valence-corrected chi connectivity index (χ0v) is 11.8. The van der Waals surface area contributed by atoms with Gasteiger partial charge < -0.3 is 0 Å². The van der Waals surface area contributed by atoms with Crippen LogP contribution in [-0.2, 0) is 13.1 Å². The quantitative estimate of drug-likeness (QED) is 0.323. The lowest BCUT2D eigenvalue weighted by Gasteiger charge is -2.21. The van der Waals surface area contributed by atoms with Crippen molar-refractivity contribution in [3.8, 4) is 0 Å². The maximum atomic E-state index is 8.33. The lowest BCUT2D eigenvalue weighted by atomic mass is 10.2. The molecule has 0 aliphatic heterocycles. The van der Waals surface area contributed by atoms with Gasteiger partial charge in [0, 0.05) is 36.9 Å². The Kier molecular flexibility index (Phi) is 6.19. The molecule has 2 aromatic rings. The molecule has 0 fully saturated rings. The molecule has 0 amide bonds. The van der Waals surface area contributed by atoms with Crippen molar-refractivity contribution in [3.05, 3.63) is 70.6 Å². The van der Waals surface area contributed by atoms with Gasteiger partial charge in [-0.15, -0.1) is 0 Å². The first-order valence-corrected chi connectivity index (χ1v) is 6.91. The summed E-state index contributed by atoms with van der Waals surface area (Å²) in [6.45, 7) is 2.87. The molecule has 0 bridgehead atoms. The van der Waals surface area contributed by atoms with Crippen LogP contribution >= 0.6 is 0 Å². The highest BCUT2D eigenvalue weighted by Gasteiger charge is 2.08. The van der Waals surface area contributed by atoms with Crippen molar-refractivity contribution in [1.82, 2.24) is 14.9 Å². The summed E-state index contributed by atoms with van der Waals surface area (Å²) in [6.07, 6.45) is 4.42. The molecular formula is C15H18N6. The number of nitrogens with zero attached hydrogens (tertiary/aromatic N) is 6. The van der Waals surface area contributed by atoms with E-state index in [-0.39, 0.29) is 0 Å². The highest BCUT2D eigenvalue weighted by Crippen LogP contribution is 2.07. The number of azide groups is 1. The zero-order valence-electron chi connectivity index (χ0n) is 11.8. The van der Waals surface area contributed by atoms with E-state index in [2.05, 4.69) is 24.9 Å². The predicted octanol–water partition coefficient (Wildman–Crippen LogP) is 3.18. The number of pyridine rings is 2. The summed E-state index contributed by atoms with van der Waals surface area (Å²) in [6, 6.07) is 11.8. The van der Waals surface area contributed by atoms with E-state index in [1.165, 1.54) is 0 Å². The van der Waals surface area contributed by atoms with Crippen LogP contribution in [0, 0.1) is 0 Å². The second kappa shape index (κ2) is 8.68. The van der Waals surface area contributed by atoms with Crippen molar-refractivity contribution in [3.63, 3.8) is 0 Å². The molecule has 0 aromatic carbocycles. The molecule has 2 rings (SSSR count). The van der Waals surface area contributed by atoms with Crippen LogP contribution < -0.4 is 0 Å². The van der Waals surface area contributed by atoms with Gasteiger partial charge in [-0.2, -0.15) is 0 Å². The minimum Gasteiger partial charge on any atom is -0.292 e. The van der Waals surface area contributed by atoms with E-state index in [0.717, 1.165) is 37.4 Å². The molecule has 2 heterocycles. The van der Waals surface area contributed by atoms with Crippen LogP contribution in [-0.4, -0.2) is 28.0 Å². The second-order valence-corrected chi connectivity index (χ2v) is 4.66. The van der Waals surface area contributed by atoms with Gasteiger partial charge in [0.05, 0.1) is 11.4 Å². The third-order valence-electron chi connectivity index (χ3n) is 3.02. The SMILES string of the molecule is [N-]=[N+]=NCCCN(Cc1ccccn1)Cc1ccccn1. The van der Waals surface area contributed by atoms with Gasteiger partial charge in [0.25, 0.3) is 0 Å². The fourth-order valence-electron chi connectivity index (χ4n) is 2.07. The normalized spacial score (nSPS) is 10.3. The average Bonchev–Trinajstić information content (AvgIpc) is 2.53. The number of hydrogen-bond donors (Lipinski definition) is 0. The maximum Gasteiger partial charge on any atom is 0.0544 e. The van der Waals surface area contributed by atoms with Gasteiger partial charge in [-0.05, 0) is 42.8 Å². The summed E-state index contributed by atoms with van der Waals surface area (Å²) in [5.41, 5.74) is 10.4. The van der Waals surface area contributed by atoms with Gasteiger partial charge in [0.15, 0.2) is 0 Å². The van der Waals surface area contributed by atoms with E-state index < -0.39 is 0 Å². The average molecular weight is 282 g/mol. The molecule has 0 N–H and O–H groups in total. The van der Waals surface area contributed by atoms with E-state index in [1.807, 2.05) is 36.4 Å². The molecule has 0 unspecified atom stereocenters. The smallest absolute Gasteiger partial charge is 0.0544 e. The molecule has 21 heavy (non-hydrogen) atoms. The molecule has 0 radical (unpaired) electrons. The largest absolute Gasteiger partial charge is 0.292 e. The van der Waals surface area contributed by atoms with Gasteiger partial charge in [0.1, 0.15) is 0 Å². The van der Waals surface area contributed by atoms with E-state index >= 15 is 0 Å². The Morgan fingerprint density at radius 1 is 1.00 bits per heavy atom. The minimum absolute atomic E-state index is 0.511. The van der Waals surface area contributed by atoms with Crippen LogP contribution in [0.5, 0.6) is 0 Å². The first-order valence-electron chi connectivity index (χ1n) is 6.91. The van der Waals surface area contributed by atoms with Crippen molar-refractivity contribution in [1.29, 1.82) is 0 Å². The molecule has 0 atom stereocenters. The third-order valence-corrected chi connectivity index (χ3v) is 3.02. The van der Waals surface area contributed by atoms with Crippen molar-refractivity contribution < 1.29 is 0 Å². The lowest BCUT2D eigenvalue weighted by molar-refractivity contribution is 0.249.